The molecule has 0 unspecified atom stereocenters. The lowest BCUT2D eigenvalue weighted by Gasteiger charge is -2.23. The molecular formula is C33H26F2N2O4. The molecule has 2 amide bonds. The lowest BCUT2D eigenvalue weighted by molar-refractivity contribution is -0.134. The fraction of sp³-hybridized carbons (Fsp3) is 0.121. The third-order valence-electron chi connectivity index (χ3n) is 6.88. The molecule has 0 bridgehead atoms. The first-order valence-corrected chi connectivity index (χ1v) is 12.9. The van der Waals surface area contributed by atoms with Gasteiger partial charge in [-0.05, 0) is 47.5 Å². The van der Waals surface area contributed by atoms with Gasteiger partial charge in [-0.1, -0.05) is 66.7 Å². The molecule has 0 fully saturated rings. The Bertz CT molecular complexity index is 1630. The van der Waals surface area contributed by atoms with Crippen molar-refractivity contribution in [1.82, 2.24) is 0 Å². The van der Waals surface area contributed by atoms with Gasteiger partial charge >= 0.3 is 5.97 Å². The lowest BCUT2D eigenvalue weighted by Crippen LogP contribution is -2.33. The number of carbonyl (C=O) groups excluding carboxylic acids is 3. The molecule has 4 aromatic carbocycles. The summed E-state index contributed by atoms with van der Waals surface area (Å²) in [6.07, 6.45) is 0.103. The third kappa shape index (κ3) is 5.77. The highest BCUT2D eigenvalue weighted by molar-refractivity contribution is 6.10. The van der Waals surface area contributed by atoms with Gasteiger partial charge in [0, 0.05) is 47.0 Å². The summed E-state index contributed by atoms with van der Waals surface area (Å²) in [5.74, 6) is -5.06. The van der Waals surface area contributed by atoms with Crippen LogP contribution in [0.4, 0.5) is 20.2 Å². The molecule has 41 heavy (non-hydrogen) atoms. The monoisotopic (exact) mass is 552 g/mol. The minimum Gasteiger partial charge on any atom is -0.466 e. The summed E-state index contributed by atoms with van der Waals surface area (Å²) in [6.45, 7) is -0.268. The van der Waals surface area contributed by atoms with E-state index < -0.39 is 29.8 Å². The van der Waals surface area contributed by atoms with Crippen LogP contribution in [-0.2, 0) is 9.53 Å². The smallest absolute Gasteiger partial charge is 0.330 e. The van der Waals surface area contributed by atoms with Gasteiger partial charge in [-0.3, -0.25) is 9.59 Å². The molecule has 0 saturated carbocycles. The van der Waals surface area contributed by atoms with Crippen LogP contribution < -0.4 is 10.2 Å². The van der Waals surface area contributed by atoms with Crippen LogP contribution in [0, 0.1) is 0 Å². The van der Waals surface area contributed by atoms with E-state index in [0.29, 0.717) is 11.3 Å². The van der Waals surface area contributed by atoms with Gasteiger partial charge in [-0.25, -0.2) is 13.6 Å². The Kier molecular flexibility index (Phi) is 7.74. The topological polar surface area (TPSA) is 75.7 Å². The van der Waals surface area contributed by atoms with Crippen molar-refractivity contribution in [3.8, 4) is 11.1 Å². The van der Waals surface area contributed by atoms with Gasteiger partial charge in [-0.15, -0.1) is 0 Å². The van der Waals surface area contributed by atoms with E-state index in [9.17, 15) is 14.4 Å². The Balaban J connectivity index is 1.39. The second-order valence-electron chi connectivity index (χ2n) is 9.45. The second kappa shape index (κ2) is 11.6. The van der Waals surface area contributed by atoms with Gasteiger partial charge in [0.25, 0.3) is 17.7 Å². The summed E-state index contributed by atoms with van der Waals surface area (Å²) in [4.78, 5) is 39.9. The van der Waals surface area contributed by atoms with Crippen molar-refractivity contribution in [2.75, 3.05) is 23.9 Å². The van der Waals surface area contributed by atoms with Crippen molar-refractivity contribution in [3.05, 3.63) is 126 Å². The molecule has 5 rings (SSSR count). The maximum atomic E-state index is 15.1. The molecular weight excluding hydrogens is 526 g/mol. The number of halogens is 2. The number of fused-ring (bicyclic) bond motifs is 1. The number of alkyl halides is 2. The Morgan fingerprint density at radius 3 is 2.17 bits per heavy atom. The molecule has 6 nitrogen and oxygen atoms in total. The van der Waals surface area contributed by atoms with Gasteiger partial charge in [0.05, 0.1) is 12.8 Å². The number of nitrogens with zero attached hydrogens (tertiary/aromatic N) is 1. The van der Waals surface area contributed by atoms with Gasteiger partial charge in [0.2, 0.25) is 0 Å². The number of allylic oxidation sites excluding steroid dienone is 1. The number of methoxy groups -OCH3 is 1. The maximum Gasteiger partial charge on any atom is 0.330 e. The van der Waals surface area contributed by atoms with Gasteiger partial charge in [0.1, 0.15) is 0 Å². The van der Waals surface area contributed by atoms with Crippen LogP contribution in [-0.4, -0.2) is 37.4 Å². The molecule has 8 heteroatoms. The number of carbonyl (C=O) groups is 3. The van der Waals surface area contributed by atoms with Crippen molar-refractivity contribution in [2.45, 2.75) is 12.3 Å². The predicted molar refractivity (Wildman–Crippen MR) is 154 cm³/mol. The molecule has 1 heterocycles. The molecule has 4 aromatic rings. The molecule has 0 radical (unpaired) electrons. The average Bonchev–Trinajstić information content (AvgIpc) is 3.11. The highest BCUT2D eigenvalue weighted by Gasteiger charge is 2.41. The third-order valence-corrected chi connectivity index (χ3v) is 6.88. The van der Waals surface area contributed by atoms with Crippen LogP contribution in [0.15, 0.2) is 109 Å². The highest BCUT2D eigenvalue weighted by Crippen LogP contribution is 2.43. The summed E-state index contributed by atoms with van der Waals surface area (Å²) in [5.41, 5.74) is 2.77. The van der Waals surface area contributed by atoms with Crippen LogP contribution in [0.3, 0.4) is 0 Å². The highest BCUT2D eigenvalue weighted by atomic mass is 19.3. The number of hydrogen-bond donors (Lipinski definition) is 1. The predicted octanol–water partition coefficient (Wildman–Crippen LogP) is 6.85. The summed E-state index contributed by atoms with van der Waals surface area (Å²) in [5, 5.41) is 2.87. The average molecular weight is 553 g/mol. The minimum atomic E-state index is -3.36. The normalized spacial score (nSPS) is 15.0. The van der Waals surface area contributed by atoms with Crippen molar-refractivity contribution >= 4 is 34.7 Å². The zero-order valence-corrected chi connectivity index (χ0v) is 22.1. The summed E-state index contributed by atoms with van der Waals surface area (Å²) in [6, 6.07) is 29.3. The fourth-order valence-corrected chi connectivity index (χ4v) is 4.81. The van der Waals surface area contributed by atoms with E-state index in [1.807, 2.05) is 42.5 Å². The molecule has 1 N–H and O–H groups in total. The van der Waals surface area contributed by atoms with E-state index in [2.05, 4.69) is 10.1 Å². The van der Waals surface area contributed by atoms with Gasteiger partial charge in [0.15, 0.2) is 0 Å². The molecule has 0 saturated heterocycles. The molecule has 0 aliphatic carbocycles. The van der Waals surface area contributed by atoms with E-state index in [1.165, 1.54) is 23.1 Å². The number of anilines is 2. The Hall–Kier alpha value is -5.11. The SMILES string of the molecule is COC(=O)/C=C1/c2ccccc2N(C(=O)c2ccc(NC(=O)c3ccccc3-c3ccccc3)cc2)CCC1(F)F. The fourth-order valence-electron chi connectivity index (χ4n) is 4.81. The van der Waals surface area contributed by atoms with E-state index in [-0.39, 0.29) is 29.3 Å². The first-order chi connectivity index (χ1) is 19.8. The van der Waals surface area contributed by atoms with Crippen LogP contribution in [0.1, 0.15) is 32.7 Å². The number of esters is 1. The minimum absolute atomic E-state index is 0.0784. The van der Waals surface area contributed by atoms with Crippen LogP contribution in [0.2, 0.25) is 0 Å². The van der Waals surface area contributed by atoms with Crippen molar-refractivity contribution in [2.24, 2.45) is 0 Å². The van der Waals surface area contributed by atoms with E-state index >= 15 is 8.78 Å². The van der Waals surface area contributed by atoms with E-state index in [0.717, 1.165) is 24.3 Å². The number of rotatable bonds is 5. The van der Waals surface area contributed by atoms with Crippen molar-refractivity contribution in [1.29, 1.82) is 0 Å². The lowest BCUT2D eigenvalue weighted by atomic mass is 9.97. The maximum absolute atomic E-state index is 15.1. The Morgan fingerprint density at radius 1 is 0.829 bits per heavy atom. The van der Waals surface area contributed by atoms with Crippen molar-refractivity contribution in [3.63, 3.8) is 0 Å². The molecule has 0 spiro atoms. The zero-order valence-electron chi connectivity index (χ0n) is 22.1. The number of hydrogen-bond acceptors (Lipinski definition) is 4. The number of amides is 2. The number of nitrogens with one attached hydrogen (secondary N) is 1. The van der Waals surface area contributed by atoms with Crippen molar-refractivity contribution < 1.29 is 27.9 Å². The van der Waals surface area contributed by atoms with Crippen LogP contribution in [0.25, 0.3) is 16.7 Å². The summed E-state index contributed by atoms with van der Waals surface area (Å²) >= 11 is 0. The number of benzene rings is 4. The summed E-state index contributed by atoms with van der Waals surface area (Å²) in [7, 11) is 1.12. The molecule has 1 aliphatic heterocycles. The molecule has 1 aliphatic rings. The van der Waals surface area contributed by atoms with Gasteiger partial charge < -0.3 is 15.0 Å². The van der Waals surface area contributed by atoms with E-state index in [4.69, 9.17) is 0 Å². The first kappa shape index (κ1) is 27.5. The van der Waals surface area contributed by atoms with E-state index in [1.54, 1.807) is 42.5 Å². The number of ether oxygens (including phenoxy) is 1. The molecule has 206 valence electrons. The second-order valence-corrected chi connectivity index (χ2v) is 9.45. The first-order valence-electron chi connectivity index (χ1n) is 12.9. The standard InChI is InChI=1S/C33H26F2N2O4/c1-41-30(38)21-28-27-13-7-8-14-29(27)37(20-19-33(28,34)35)32(40)23-15-17-24(18-16-23)36-31(39)26-12-6-5-11-25(26)22-9-3-2-4-10-22/h2-18,21H,19-20H2,1H3,(H,36,39)/b28-21-. The van der Waals surface area contributed by atoms with Crippen LogP contribution >= 0.6 is 0 Å². The van der Waals surface area contributed by atoms with Gasteiger partial charge in [-0.2, -0.15) is 0 Å². The van der Waals surface area contributed by atoms with Crippen LogP contribution in [0.5, 0.6) is 0 Å². The zero-order chi connectivity index (χ0) is 29.0. The largest absolute Gasteiger partial charge is 0.466 e. The summed E-state index contributed by atoms with van der Waals surface area (Å²) < 4.78 is 34.9. The Labute approximate surface area is 235 Å². The molecule has 0 atom stereocenters. The quantitative estimate of drug-likeness (QED) is 0.217. The number of para-hydroxylation sites is 1. The Morgan fingerprint density at radius 2 is 1.46 bits per heavy atom. The molecule has 0 aromatic heterocycles.